The zero-order chi connectivity index (χ0) is 17.4. The fraction of sp³-hybridized carbons (Fsp3) is 0.421. The smallest absolute Gasteiger partial charge is 0.277 e. The second kappa shape index (κ2) is 6.35. The minimum atomic E-state index is -0.142. The molecule has 0 spiro atoms. The SMILES string of the molecule is COc1ccccc1-c1nn2c(C)nc(C3CCCCC3)c2c(=O)[nH]1. The predicted molar refractivity (Wildman–Crippen MR) is 96.2 cm³/mol. The highest BCUT2D eigenvalue weighted by Crippen LogP contribution is 2.34. The van der Waals surface area contributed by atoms with Gasteiger partial charge in [-0.15, -0.1) is 5.10 Å². The molecule has 0 aliphatic heterocycles. The Kier molecular flexibility index (Phi) is 4.03. The van der Waals surface area contributed by atoms with Gasteiger partial charge in [0, 0.05) is 5.92 Å². The molecule has 1 aliphatic rings. The van der Waals surface area contributed by atoms with Gasteiger partial charge in [-0.1, -0.05) is 31.4 Å². The van der Waals surface area contributed by atoms with E-state index in [-0.39, 0.29) is 5.56 Å². The summed E-state index contributed by atoms with van der Waals surface area (Å²) in [6.45, 7) is 1.90. The van der Waals surface area contributed by atoms with Gasteiger partial charge in [0.15, 0.2) is 11.3 Å². The third kappa shape index (κ3) is 2.71. The van der Waals surface area contributed by atoms with E-state index in [1.54, 1.807) is 11.6 Å². The summed E-state index contributed by atoms with van der Waals surface area (Å²) in [5.41, 5.74) is 2.11. The maximum absolute atomic E-state index is 12.9. The number of methoxy groups -OCH3 is 1. The fourth-order valence-corrected chi connectivity index (χ4v) is 3.79. The summed E-state index contributed by atoms with van der Waals surface area (Å²) in [5.74, 6) is 2.27. The number of aromatic amines is 1. The number of benzene rings is 1. The molecule has 2 heterocycles. The average molecular weight is 338 g/mol. The molecule has 1 saturated carbocycles. The summed E-state index contributed by atoms with van der Waals surface area (Å²) in [6.07, 6.45) is 5.87. The number of ether oxygens (including phenoxy) is 1. The number of aryl methyl sites for hydroxylation is 1. The molecule has 0 unspecified atom stereocenters. The lowest BCUT2D eigenvalue weighted by Crippen LogP contribution is -2.17. The van der Waals surface area contributed by atoms with Crippen LogP contribution in [0.3, 0.4) is 0 Å². The molecule has 1 fully saturated rings. The van der Waals surface area contributed by atoms with Crippen molar-refractivity contribution in [2.45, 2.75) is 44.9 Å². The van der Waals surface area contributed by atoms with Gasteiger partial charge in [0.25, 0.3) is 5.56 Å². The molecule has 0 radical (unpaired) electrons. The van der Waals surface area contributed by atoms with Crippen molar-refractivity contribution in [3.8, 4) is 17.1 Å². The topological polar surface area (TPSA) is 72.3 Å². The Labute approximate surface area is 145 Å². The standard InChI is InChI=1S/C19H22N4O2/c1-12-20-16(13-8-4-3-5-9-13)17-19(24)21-18(22-23(12)17)14-10-6-7-11-15(14)25-2/h6-7,10-11,13H,3-5,8-9H2,1-2H3,(H,21,22,24). The first kappa shape index (κ1) is 15.9. The van der Waals surface area contributed by atoms with Crippen LogP contribution in [0, 0.1) is 6.92 Å². The van der Waals surface area contributed by atoms with Crippen molar-refractivity contribution in [1.82, 2.24) is 19.6 Å². The Balaban J connectivity index is 1.89. The van der Waals surface area contributed by atoms with Crippen LogP contribution in [0.2, 0.25) is 0 Å². The second-order valence-electron chi connectivity index (χ2n) is 6.64. The lowest BCUT2D eigenvalue weighted by Gasteiger charge is -2.19. The van der Waals surface area contributed by atoms with Crippen molar-refractivity contribution in [1.29, 1.82) is 0 Å². The highest BCUT2D eigenvalue weighted by molar-refractivity contribution is 5.65. The molecule has 1 N–H and O–H groups in total. The molecule has 6 nitrogen and oxygen atoms in total. The average Bonchev–Trinajstić information content (AvgIpc) is 3.00. The maximum atomic E-state index is 12.9. The van der Waals surface area contributed by atoms with Crippen LogP contribution >= 0.6 is 0 Å². The highest BCUT2D eigenvalue weighted by atomic mass is 16.5. The zero-order valence-electron chi connectivity index (χ0n) is 14.6. The molecule has 0 amide bonds. The monoisotopic (exact) mass is 338 g/mol. The van der Waals surface area contributed by atoms with Crippen LogP contribution in [0.1, 0.15) is 49.5 Å². The van der Waals surface area contributed by atoms with E-state index < -0.39 is 0 Å². The summed E-state index contributed by atoms with van der Waals surface area (Å²) in [5, 5.41) is 4.65. The first-order valence-corrected chi connectivity index (χ1v) is 8.82. The number of H-pyrrole nitrogens is 1. The van der Waals surface area contributed by atoms with Gasteiger partial charge in [0.1, 0.15) is 11.6 Å². The molecular formula is C19H22N4O2. The Bertz CT molecular complexity index is 967. The van der Waals surface area contributed by atoms with Crippen molar-refractivity contribution in [2.75, 3.05) is 7.11 Å². The summed E-state index contributed by atoms with van der Waals surface area (Å²) in [7, 11) is 1.61. The molecule has 0 saturated heterocycles. The molecule has 1 aliphatic carbocycles. The van der Waals surface area contributed by atoms with Gasteiger partial charge in [-0.25, -0.2) is 9.50 Å². The lowest BCUT2D eigenvalue weighted by molar-refractivity contribution is 0.416. The number of imidazole rings is 1. The molecule has 2 aromatic heterocycles. The van der Waals surface area contributed by atoms with Crippen molar-refractivity contribution >= 4 is 5.52 Å². The number of fused-ring (bicyclic) bond motifs is 1. The summed E-state index contributed by atoms with van der Waals surface area (Å²) in [4.78, 5) is 20.5. The van der Waals surface area contributed by atoms with Gasteiger partial charge in [0.2, 0.25) is 0 Å². The van der Waals surface area contributed by atoms with E-state index in [9.17, 15) is 4.79 Å². The molecule has 4 rings (SSSR count). The fourth-order valence-electron chi connectivity index (χ4n) is 3.79. The Morgan fingerprint density at radius 2 is 1.96 bits per heavy atom. The van der Waals surface area contributed by atoms with Crippen LogP contribution in [0.25, 0.3) is 16.9 Å². The molecule has 6 heteroatoms. The van der Waals surface area contributed by atoms with E-state index in [2.05, 4.69) is 10.1 Å². The Hall–Kier alpha value is -2.63. The minimum absolute atomic E-state index is 0.142. The summed E-state index contributed by atoms with van der Waals surface area (Å²) in [6, 6.07) is 7.53. The van der Waals surface area contributed by atoms with Crippen molar-refractivity contribution in [3.63, 3.8) is 0 Å². The van der Waals surface area contributed by atoms with Gasteiger partial charge in [0.05, 0.1) is 18.4 Å². The normalized spacial score (nSPS) is 15.6. The summed E-state index contributed by atoms with van der Waals surface area (Å²) >= 11 is 0. The number of rotatable bonds is 3. The molecule has 130 valence electrons. The van der Waals surface area contributed by atoms with E-state index in [0.29, 0.717) is 23.0 Å². The van der Waals surface area contributed by atoms with E-state index in [0.717, 1.165) is 29.9 Å². The molecular weight excluding hydrogens is 316 g/mol. The van der Waals surface area contributed by atoms with Gasteiger partial charge in [-0.05, 0) is 31.9 Å². The third-order valence-electron chi connectivity index (χ3n) is 5.04. The number of aromatic nitrogens is 4. The van der Waals surface area contributed by atoms with E-state index in [1.807, 2.05) is 31.2 Å². The van der Waals surface area contributed by atoms with Gasteiger partial charge >= 0.3 is 0 Å². The largest absolute Gasteiger partial charge is 0.496 e. The van der Waals surface area contributed by atoms with E-state index >= 15 is 0 Å². The molecule has 0 bridgehead atoms. The zero-order valence-corrected chi connectivity index (χ0v) is 14.6. The molecule has 25 heavy (non-hydrogen) atoms. The van der Waals surface area contributed by atoms with Crippen molar-refractivity contribution in [2.24, 2.45) is 0 Å². The number of hydrogen-bond acceptors (Lipinski definition) is 4. The van der Waals surface area contributed by atoms with Crippen molar-refractivity contribution < 1.29 is 4.74 Å². The second-order valence-corrected chi connectivity index (χ2v) is 6.64. The van der Waals surface area contributed by atoms with E-state index in [4.69, 9.17) is 9.72 Å². The quantitative estimate of drug-likeness (QED) is 0.794. The Morgan fingerprint density at radius 1 is 1.20 bits per heavy atom. The van der Waals surface area contributed by atoms with Gasteiger partial charge < -0.3 is 9.72 Å². The first-order valence-electron chi connectivity index (χ1n) is 8.82. The number of nitrogens with one attached hydrogen (secondary N) is 1. The van der Waals surface area contributed by atoms with Gasteiger partial charge in [-0.2, -0.15) is 0 Å². The molecule has 3 aromatic rings. The van der Waals surface area contributed by atoms with Gasteiger partial charge in [-0.3, -0.25) is 4.79 Å². The first-order chi connectivity index (χ1) is 12.2. The van der Waals surface area contributed by atoms with Crippen LogP contribution in [-0.2, 0) is 0 Å². The number of nitrogens with zero attached hydrogens (tertiary/aromatic N) is 3. The van der Waals surface area contributed by atoms with Crippen LogP contribution in [-0.4, -0.2) is 26.7 Å². The van der Waals surface area contributed by atoms with Crippen molar-refractivity contribution in [3.05, 3.63) is 46.1 Å². The molecule has 1 aromatic carbocycles. The van der Waals surface area contributed by atoms with Crippen LogP contribution < -0.4 is 10.3 Å². The predicted octanol–water partition coefficient (Wildman–Crippen LogP) is 3.45. The maximum Gasteiger partial charge on any atom is 0.277 e. The Morgan fingerprint density at radius 3 is 2.72 bits per heavy atom. The van der Waals surface area contributed by atoms with Crippen LogP contribution in [0.5, 0.6) is 5.75 Å². The molecule has 0 atom stereocenters. The number of hydrogen-bond donors (Lipinski definition) is 1. The lowest BCUT2D eigenvalue weighted by atomic mass is 9.87. The number of para-hydroxylation sites is 1. The third-order valence-corrected chi connectivity index (χ3v) is 5.04. The highest BCUT2D eigenvalue weighted by Gasteiger charge is 2.24. The van der Waals surface area contributed by atoms with E-state index in [1.165, 1.54) is 19.3 Å². The van der Waals surface area contributed by atoms with Crippen LogP contribution in [0.15, 0.2) is 29.1 Å². The minimum Gasteiger partial charge on any atom is -0.496 e. The van der Waals surface area contributed by atoms with Crippen LogP contribution in [0.4, 0.5) is 0 Å². The summed E-state index contributed by atoms with van der Waals surface area (Å²) < 4.78 is 7.08.